The molecule has 100 valence electrons. The highest BCUT2D eigenvalue weighted by Gasteiger charge is 2.12. The fraction of sp³-hybridized carbons (Fsp3) is 0.200. The van der Waals surface area contributed by atoms with E-state index in [1.54, 1.807) is 13.0 Å². The smallest absolute Gasteiger partial charge is 0.131 e. The summed E-state index contributed by atoms with van der Waals surface area (Å²) in [5, 5.41) is 12.3. The second-order valence-corrected chi connectivity index (χ2v) is 4.35. The molecule has 0 heterocycles. The lowest BCUT2D eigenvalue weighted by atomic mass is 10.1. The molecular formula is C15H15F2NO. The van der Waals surface area contributed by atoms with E-state index in [1.807, 2.05) is 18.2 Å². The van der Waals surface area contributed by atoms with Crippen LogP contribution in [-0.2, 0) is 6.61 Å². The molecule has 0 aliphatic heterocycles. The summed E-state index contributed by atoms with van der Waals surface area (Å²) in [5.74, 6) is -1.18. The van der Waals surface area contributed by atoms with Crippen molar-refractivity contribution in [3.8, 4) is 0 Å². The number of benzene rings is 2. The van der Waals surface area contributed by atoms with Crippen molar-refractivity contribution in [1.82, 2.24) is 0 Å². The monoisotopic (exact) mass is 263 g/mol. The third kappa shape index (κ3) is 3.09. The van der Waals surface area contributed by atoms with Crippen LogP contribution in [0.5, 0.6) is 0 Å². The Hall–Kier alpha value is -1.94. The van der Waals surface area contributed by atoms with Gasteiger partial charge < -0.3 is 10.4 Å². The average molecular weight is 263 g/mol. The lowest BCUT2D eigenvalue weighted by Gasteiger charge is -2.18. The Morgan fingerprint density at radius 2 is 1.89 bits per heavy atom. The summed E-state index contributed by atoms with van der Waals surface area (Å²) in [4.78, 5) is 0. The van der Waals surface area contributed by atoms with Gasteiger partial charge in [-0.25, -0.2) is 8.78 Å². The van der Waals surface area contributed by atoms with Crippen LogP contribution in [0.1, 0.15) is 24.1 Å². The van der Waals surface area contributed by atoms with E-state index in [1.165, 1.54) is 12.1 Å². The van der Waals surface area contributed by atoms with Crippen molar-refractivity contribution < 1.29 is 13.9 Å². The van der Waals surface area contributed by atoms with Crippen molar-refractivity contribution in [3.63, 3.8) is 0 Å². The van der Waals surface area contributed by atoms with Gasteiger partial charge in [0.05, 0.1) is 12.6 Å². The first-order chi connectivity index (χ1) is 9.11. The summed E-state index contributed by atoms with van der Waals surface area (Å²) >= 11 is 0. The first kappa shape index (κ1) is 13.5. The zero-order valence-corrected chi connectivity index (χ0v) is 10.5. The molecule has 1 atom stereocenters. The maximum atomic E-state index is 13.7. The number of halogens is 2. The predicted octanol–water partition coefficient (Wildman–Crippen LogP) is 3.63. The maximum Gasteiger partial charge on any atom is 0.131 e. The number of para-hydroxylation sites is 1. The Bertz CT molecular complexity index is 572. The van der Waals surface area contributed by atoms with Gasteiger partial charge in [0.2, 0.25) is 0 Å². The third-order valence-electron chi connectivity index (χ3n) is 2.99. The van der Waals surface area contributed by atoms with Gasteiger partial charge >= 0.3 is 0 Å². The van der Waals surface area contributed by atoms with E-state index in [0.717, 1.165) is 17.3 Å². The molecule has 2 rings (SSSR count). The highest BCUT2D eigenvalue weighted by Crippen LogP contribution is 2.24. The van der Waals surface area contributed by atoms with Gasteiger partial charge in [0.15, 0.2) is 0 Å². The largest absolute Gasteiger partial charge is 0.392 e. The Labute approximate surface area is 110 Å². The summed E-state index contributed by atoms with van der Waals surface area (Å²) in [6.45, 7) is 1.69. The summed E-state index contributed by atoms with van der Waals surface area (Å²) in [6.07, 6.45) is 0. The molecule has 4 heteroatoms. The van der Waals surface area contributed by atoms with Gasteiger partial charge in [-0.15, -0.1) is 0 Å². The Morgan fingerprint density at radius 3 is 2.58 bits per heavy atom. The van der Waals surface area contributed by atoms with Crippen LogP contribution in [0.3, 0.4) is 0 Å². The molecule has 1 unspecified atom stereocenters. The number of nitrogens with one attached hydrogen (secondary N) is 1. The van der Waals surface area contributed by atoms with Gasteiger partial charge in [0, 0.05) is 22.9 Å². The van der Waals surface area contributed by atoms with Gasteiger partial charge in [-0.3, -0.25) is 0 Å². The fourth-order valence-corrected chi connectivity index (χ4v) is 1.96. The topological polar surface area (TPSA) is 32.3 Å². The summed E-state index contributed by atoms with van der Waals surface area (Å²) < 4.78 is 26.5. The van der Waals surface area contributed by atoms with E-state index >= 15 is 0 Å². The number of aliphatic hydroxyl groups is 1. The molecule has 0 radical (unpaired) electrons. The van der Waals surface area contributed by atoms with E-state index in [2.05, 4.69) is 5.32 Å². The minimum Gasteiger partial charge on any atom is -0.392 e. The fourth-order valence-electron chi connectivity index (χ4n) is 1.96. The number of hydrogen-bond donors (Lipinski definition) is 2. The second-order valence-electron chi connectivity index (χ2n) is 4.35. The zero-order chi connectivity index (χ0) is 13.8. The summed E-state index contributed by atoms with van der Waals surface area (Å²) in [7, 11) is 0. The van der Waals surface area contributed by atoms with Crippen LogP contribution in [0.2, 0.25) is 0 Å². The summed E-state index contributed by atoms with van der Waals surface area (Å²) in [6, 6.07) is 10.4. The van der Waals surface area contributed by atoms with E-state index in [4.69, 9.17) is 0 Å². The molecule has 2 aromatic carbocycles. The lowest BCUT2D eigenvalue weighted by molar-refractivity contribution is 0.282. The van der Waals surface area contributed by atoms with Crippen molar-refractivity contribution in [2.75, 3.05) is 5.32 Å². The molecule has 0 saturated heterocycles. The molecule has 2 N–H and O–H groups in total. The number of aliphatic hydroxyl groups excluding tert-OH is 1. The second kappa shape index (κ2) is 5.80. The van der Waals surface area contributed by atoms with E-state index < -0.39 is 11.6 Å². The Morgan fingerprint density at radius 1 is 1.16 bits per heavy atom. The van der Waals surface area contributed by atoms with E-state index in [0.29, 0.717) is 5.56 Å². The first-order valence-corrected chi connectivity index (χ1v) is 6.02. The van der Waals surface area contributed by atoms with Gasteiger partial charge in [-0.1, -0.05) is 24.3 Å². The van der Waals surface area contributed by atoms with Crippen molar-refractivity contribution >= 4 is 5.69 Å². The van der Waals surface area contributed by atoms with Crippen LogP contribution in [0.25, 0.3) is 0 Å². The van der Waals surface area contributed by atoms with Crippen molar-refractivity contribution in [2.24, 2.45) is 0 Å². The van der Waals surface area contributed by atoms with Crippen LogP contribution in [0, 0.1) is 11.6 Å². The van der Waals surface area contributed by atoms with Gasteiger partial charge in [0.1, 0.15) is 11.6 Å². The highest BCUT2D eigenvalue weighted by atomic mass is 19.1. The van der Waals surface area contributed by atoms with Crippen molar-refractivity contribution in [3.05, 3.63) is 65.2 Å². The van der Waals surface area contributed by atoms with Crippen molar-refractivity contribution in [1.29, 1.82) is 0 Å². The normalized spacial score (nSPS) is 12.2. The molecule has 0 spiro atoms. The molecule has 0 amide bonds. The van der Waals surface area contributed by atoms with Crippen LogP contribution < -0.4 is 5.32 Å². The van der Waals surface area contributed by atoms with E-state index in [9.17, 15) is 13.9 Å². The van der Waals surface area contributed by atoms with Crippen LogP contribution >= 0.6 is 0 Å². The molecule has 0 bridgehead atoms. The number of rotatable bonds is 4. The average Bonchev–Trinajstić information content (AvgIpc) is 2.39. The van der Waals surface area contributed by atoms with Crippen molar-refractivity contribution in [2.45, 2.75) is 19.6 Å². The zero-order valence-electron chi connectivity index (χ0n) is 10.5. The van der Waals surface area contributed by atoms with Crippen LogP contribution in [0.4, 0.5) is 14.5 Å². The number of anilines is 1. The minimum atomic E-state index is -0.593. The molecular weight excluding hydrogens is 248 g/mol. The molecule has 0 aliphatic rings. The third-order valence-corrected chi connectivity index (χ3v) is 2.99. The molecule has 0 aromatic heterocycles. The lowest BCUT2D eigenvalue weighted by Crippen LogP contribution is -2.10. The van der Waals surface area contributed by atoms with Gasteiger partial charge in [-0.2, -0.15) is 0 Å². The quantitative estimate of drug-likeness (QED) is 0.882. The Balaban J connectivity index is 2.23. The van der Waals surface area contributed by atoms with Gasteiger partial charge in [-0.05, 0) is 19.1 Å². The molecule has 0 fully saturated rings. The highest BCUT2D eigenvalue weighted by molar-refractivity contribution is 5.52. The Kier molecular flexibility index (Phi) is 4.12. The predicted molar refractivity (Wildman–Crippen MR) is 70.8 cm³/mol. The molecule has 2 nitrogen and oxygen atoms in total. The minimum absolute atomic E-state index is 0.0954. The maximum absolute atomic E-state index is 13.7. The van der Waals surface area contributed by atoms with Crippen LogP contribution in [-0.4, -0.2) is 5.11 Å². The SMILES string of the molecule is CC(Nc1ccccc1CO)c1ccc(F)cc1F. The van der Waals surface area contributed by atoms with E-state index in [-0.39, 0.29) is 12.6 Å². The standard InChI is InChI=1S/C15H15F2NO/c1-10(13-7-6-12(16)8-14(13)17)18-15-5-3-2-4-11(15)9-19/h2-8,10,18-19H,9H2,1H3. The molecule has 0 saturated carbocycles. The molecule has 0 aliphatic carbocycles. The molecule has 2 aromatic rings. The van der Waals surface area contributed by atoms with Gasteiger partial charge in [0.25, 0.3) is 0 Å². The first-order valence-electron chi connectivity index (χ1n) is 6.02. The van der Waals surface area contributed by atoms with Crippen LogP contribution in [0.15, 0.2) is 42.5 Å². The molecule has 19 heavy (non-hydrogen) atoms. The summed E-state index contributed by atoms with van der Waals surface area (Å²) in [5.41, 5.74) is 1.85. The number of hydrogen-bond acceptors (Lipinski definition) is 2.